The lowest BCUT2D eigenvalue weighted by Gasteiger charge is -2.22. The maximum absolute atomic E-state index is 12.6. The van der Waals surface area contributed by atoms with E-state index in [4.69, 9.17) is 0 Å². The molecular formula is C16H23F3N4O. The Kier molecular flexibility index (Phi) is 6.42. The lowest BCUT2D eigenvalue weighted by atomic mass is 10.2. The Morgan fingerprint density at radius 2 is 2.04 bits per heavy atom. The van der Waals surface area contributed by atoms with Gasteiger partial charge in [-0.2, -0.15) is 13.2 Å². The minimum Gasteiger partial charge on any atom is -0.355 e. The van der Waals surface area contributed by atoms with Gasteiger partial charge >= 0.3 is 6.18 Å². The van der Waals surface area contributed by atoms with Gasteiger partial charge in [0, 0.05) is 38.9 Å². The number of hydrogen-bond acceptors (Lipinski definition) is 4. The largest absolute Gasteiger partial charge is 0.417 e. The highest BCUT2D eigenvalue weighted by molar-refractivity contribution is 5.77. The molecule has 1 N–H and O–H groups in total. The lowest BCUT2D eigenvalue weighted by Crippen LogP contribution is -2.39. The standard InChI is InChI=1S/C16H23F3N4O/c1-2-6-20-15(24)12-22-7-3-8-23(10-9-22)14-5-4-13(11-21-14)16(17,18)19/h4-5,11H,2-3,6-10,12H2,1H3,(H,20,24). The summed E-state index contributed by atoms with van der Waals surface area (Å²) in [7, 11) is 0. The smallest absolute Gasteiger partial charge is 0.355 e. The number of aromatic nitrogens is 1. The summed E-state index contributed by atoms with van der Waals surface area (Å²) in [6.45, 7) is 5.85. The Bertz CT molecular complexity index is 533. The van der Waals surface area contributed by atoms with Gasteiger partial charge in [-0.05, 0) is 25.0 Å². The normalized spacial score (nSPS) is 16.8. The topological polar surface area (TPSA) is 48.5 Å². The minimum absolute atomic E-state index is 0.0120. The number of rotatable bonds is 5. The van der Waals surface area contributed by atoms with E-state index < -0.39 is 11.7 Å². The van der Waals surface area contributed by atoms with Crippen molar-refractivity contribution in [3.63, 3.8) is 0 Å². The van der Waals surface area contributed by atoms with Crippen molar-refractivity contribution in [1.82, 2.24) is 15.2 Å². The highest BCUT2D eigenvalue weighted by Crippen LogP contribution is 2.29. The van der Waals surface area contributed by atoms with Crippen molar-refractivity contribution >= 4 is 11.7 Å². The zero-order valence-corrected chi connectivity index (χ0v) is 13.8. The van der Waals surface area contributed by atoms with E-state index in [9.17, 15) is 18.0 Å². The number of anilines is 1. The lowest BCUT2D eigenvalue weighted by molar-refractivity contribution is -0.137. The van der Waals surface area contributed by atoms with Gasteiger partial charge in [0.1, 0.15) is 5.82 Å². The van der Waals surface area contributed by atoms with E-state index in [1.807, 2.05) is 11.8 Å². The van der Waals surface area contributed by atoms with Crippen LogP contribution in [0.25, 0.3) is 0 Å². The SMILES string of the molecule is CCCNC(=O)CN1CCCN(c2ccc(C(F)(F)F)cn2)CC1. The molecule has 0 aromatic carbocycles. The van der Waals surface area contributed by atoms with E-state index >= 15 is 0 Å². The first-order valence-electron chi connectivity index (χ1n) is 8.17. The second-order valence-corrected chi connectivity index (χ2v) is 5.87. The number of amides is 1. The number of alkyl halides is 3. The third-order valence-corrected chi connectivity index (χ3v) is 3.93. The van der Waals surface area contributed by atoms with Crippen molar-refractivity contribution in [3.05, 3.63) is 23.9 Å². The number of nitrogens with zero attached hydrogens (tertiary/aromatic N) is 3. The van der Waals surface area contributed by atoms with E-state index in [1.165, 1.54) is 6.07 Å². The van der Waals surface area contributed by atoms with E-state index in [2.05, 4.69) is 15.2 Å². The van der Waals surface area contributed by atoms with Crippen molar-refractivity contribution in [2.45, 2.75) is 25.9 Å². The molecule has 0 spiro atoms. The van der Waals surface area contributed by atoms with Gasteiger partial charge in [0.2, 0.25) is 5.91 Å². The second-order valence-electron chi connectivity index (χ2n) is 5.87. The fourth-order valence-corrected chi connectivity index (χ4v) is 2.62. The van der Waals surface area contributed by atoms with Gasteiger partial charge in [-0.3, -0.25) is 9.69 Å². The van der Waals surface area contributed by atoms with Crippen molar-refractivity contribution in [1.29, 1.82) is 0 Å². The maximum Gasteiger partial charge on any atom is 0.417 e. The Hall–Kier alpha value is -1.83. The van der Waals surface area contributed by atoms with Gasteiger partial charge in [-0.15, -0.1) is 0 Å². The molecule has 2 heterocycles. The first-order chi connectivity index (χ1) is 11.4. The van der Waals surface area contributed by atoms with Crippen molar-refractivity contribution in [2.24, 2.45) is 0 Å². The molecule has 0 unspecified atom stereocenters. The van der Waals surface area contributed by atoms with Gasteiger partial charge in [0.05, 0.1) is 12.1 Å². The maximum atomic E-state index is 12.6. The number of carbonyl (C=O) groups excluding carboxylic acids is 1. The van der Waals surface area contributed by atoms with Crippen molar-refractivity contribution in [2.75, 3.05) is 44.2 Å². The van der Waals surface area contributed by atoms with Gasteiger partial charge in [0.15, 0.2) is 0 Å². The number of nitrogens with one attached hydrogen (secondary N) is 1. The van der Waals surface area contributed by atoms with Crippen LogP contribution in [0.3, 0.4) is 0 Å². The van der Waals surface area contributed by atoms with Crippen LogP contribution in [0, 0.1) is 0 Å². The first-order valence-corrected chi connectivity index (χ1v) is 8.17. The molecule has 8 heteroatoms. The number of pyridine rings is 1. The predicted molar refractivity (Wildman–Crippen MR) is 85.8 cm³/mol. The van der Waals surface area contributed by atoms with Gasteiger partial charge < -0.3 is 10.2 Å². The van der Waals surface area contributed by atoms with Crippen LogP contribution in [0.1, 0.15) is 25.3 Å². The Morgan fingerprint density at radius 3 is 2.67 bits per heavy atom. The number of hydrogen-bond donors (Lipinski definition) is 1. The summed E-state index contributed by atoms with van der Waals surface area (Å²) in [6, 6.07) is 2.47. The molecule has 1 fully saturated rings. The zero-order chi connectivity index (χ0) is 17.6. The molecule has 1 aromatic heterocycles. The summed E-state index contributed by atoms with van der Waals surface area (Å²) in [5, 5.41) is 2.85. The van der Waals surface area contributed by atoms with Crippen LogP contribution in [0.4, 0.5) is 19.0 Å². The van der Waals surface area contributed by atoms with E-state index in [1.54, 1.807) is 0 Å². The first kappa shape index (κ1) is 18.5. The third kappa shape index (κ3) is 5.36. The van der Waals surface area contributed by atoms with Crippen LogP contribution in [-0.2, 0) is 11.0 Å². The van der Waals surface area contributed by atoms with Gasteiger partial charge in [-0.1, -0.05) is 6.92 Å². The molecule has 0 bridgehead atoms. The fourth-order valence-electron chi connectivity index (χ4n) is 2.62. The molecule has 134 valence electrons. The Labute approximate surface area is 139 Å². The van der Waals surface area contributed by atoms with E-state index in [-0.39, 0.29) is 5.91 Å². The minimum atomic E-state index is -4.37. The molecule has 1 saturated heterocycles. The van der Waals surface area contributed by atoms with Crippen LogP contribution < -0.4 is 10.2 Å². The second kappa shape index (κ2) is 8.32. The highest BCUT2D eigenvalue weighted by Gasteiger charge is 2.31. The van der Waals surface area contributed by atoms with E-state index in [0.717, 1.165) is 31.6 Å². The summed E-state index contributed by atoms with van der Waals surface area (Å²) in [4.78, 5) is 19.8. The third-order valence-electron chi connectivity index (χ3n) is 3.93. The molecule has 2 rings (SSSR count). The van der Waals surface area contributed by atoms with Crippen molar-refractivity contribution < 1.29 is 18.0 Å². The molecule has 1 aliphatic heterocycles. The zero-order valence-electron chi connectivity index (χ0n) is 13.8. The van der Waals surface area contributed by atoms with Gasteiger partial charge in [-0.25, -0.2) is 4.98 Å². The van der Waals surface area contributed by atoms with Crippen LogP contribution in [0.15, 0.2) is 18.3 Å². The predicted octanol–water partition coefficient (Wildman–Crippen LogP) is 2.14. The molecule has 1 aliphatic rings. The molecule has 0 saturated carbocycles. The highest BCUT2D eigenvalue weighted by atomic mass is 19.4. The van der Waals surface area contributed by atoms with E-state index in [0.29, 0.717) is 38.5 Å². The van der Waals surface area contributed by atoms with Crippen molar-refractivity contribution in [3.8, 4) is 0 Å². The summed E-state index contributed by atoms with van der Waals surface area (Å²) >= 11 is 0. The average molecular weight is 344 g/mol. The molecule has 0 atom stereocenters. The Morgan fingerprint density at radius 1 is 1.25 bits per heavy atom. The summed E-state index contributed by atoms with van der Waals surface area (Å²) in [5.41, 5.74) is -0.740. The number of halogens is 3. The summed E-state index contributed by atoms with van der Waals surface area (Å²) in [6.07, 6.45) is -1.76. The molecule has 24 heavy (non-hydrogen) atoms. The quantitative estimate of drug-likeness (QED) is 0.889. The van der Waals surface area contributed by atoms with Crippen LogP contribution >= 0.6 is 0 Å². The fraction of sp³-hybridized carbons (Fsp3) is 0.625. The summed E-state index contributed by atoms with van der Waals surface area (Å²) in [5.74, 6) is 0.554. The van der Waals surface area contributed by atoms with Crippen LogP contribution in [0.5, 0.6) is 0 Å². The monoisotopic (exact) mass is 344 g/mol. The average Bonchev–Trinajstić information content (AvgIpc) is 2.78. The molecule has 0 radical (unpaired) electrons. The molecular weight excluding hydrogens is 321 g/mol. The molecule has 5 nitrogen and oxygen atoms in total. The number of carbonyl (C=O) groups is 1. The molecule has 1 aromatic rings. The van der Waals surface area contributed by atoms with Crippen LogP contribution in [-0.4, -0.2) is 55.1 Å². The van der Waals surface area contributed by atoms with Crippen LogP contribution in [0.2, 0.25) is 0 Å². The Balaban J connectivity index is 1.89. The van der Waals surface area contributed by atoms with Gasteiger partial charge in [0.25, 0.3) is 0 Å². The molecule has 0 aliphatic carbocycles. The summed E-state index contributed by atoms with van der Waals surface area (Å²) < 4.78 is 37.8. The molecule has 1 amide bonds.